The zero-order chi connectivity index (χ0) is 23.3. The number of halogens is 1. The van der Waals surface area contributed by atoms with E-state index in [4.69, 9.17) is 4.74 Å². The van der Waals surface area contributed by atoms with E-state index in [0.29, 0.717) is 24.2 Å². The topological polar surface area (TPSA) is 58.6 Å². The summed E-state index contributed by atoms with van der Waals surface area (Å²) < 4.78 is 19.5. The highest BCUT2D eigenvalue weighted by molar-refractivity contribution is 5.99. The maximum atomic E-state index is 13.4. The van der Waals surface area contributed by atoms with Gasteiger partial charge in [0.15, 0.2) is 0 Å². The molecule has 2 aromatic rings. The van der Waals surface area contributed by atoms with Gasteiger partial charge in [0.05, 0.1) is 17.7 Å². The summed E-state index contributed by atoms with van der Waals surface area (Å²) in [7, 11) is 1.64. The zero-order valence-corrected chi connectivity index (χ0v) is 19.0. The highest BCUT2D eigenvalue weighted by Gasteiger charge is 2.33. The number of amides is 2. The number of carbonyl (C=O) groups is 2. The molecule has 0 aromatic heterocycles. The summed E-state index contributed by atoms with van der Waals surface area (Å²) in [5.41, 5.74) is 1.24. The molecule has 0 bridgehead atoms. The molecule has 3 atom stereocenters. The molecule has 1 aliphatic rings. The van der Waals surface area contributed by atoms with Crippen molar-refractivity contribution in [1.82, 2.24) is 10.2 Å². The average molecular weight is 439 g/mol. The smallest absolute Gasteiger partial charge is 0.258 e. The van der Waals surface area contributed by atoms with Gasteiger partial charge in [0.25, 0.3) is 5.91 Å². The van der Waals surface area contributed by atoms with Gasteiger partial charge in [0.1, 0.15) is 17.6 Å². The Bertz CT molecular complexity index is 971. The summed E-state index contributed by atoms with van der Waals surface area (Å²) in [5, 5.41) is 3.09. The van der Waals surface area contributed by atoms with E-state index in [1.54, 1.807) is 37.4 Å². The molecule has 3 rings (SSSR count). The predicted molar refractivity (Wildman–Crippen MR) is 123 cm³/mol. The van der Waals surface area contributed by atoms with Crippen LogP contribution in [0.25, 0.3) is 0 Å². The first kappa shape index (κ1) is 23.5. The van der Waals surface area contributed by atoms with Crippen molar-refractivity contribution in [1.29, 1.82) is 0 Å². The first-order chi connectivity index (χ1) is 15.3. The third kappa shape index (κ3) is 5.55. The number of carbonyl (C=O) groups excluding carboxylic acids is 2. The maximum Gasteiger partial charge on any atom is 0.258 e. The maximum absolute atomic E-state index is 13.4. The number of fused-ring (bicyclic) bond motifs is 1. The molecule has 6 heteroatoms. The highest BCUT2D eigenvalue weighted by atomic mass is 19.1. The largest absolute Gasteiger partial charge is 0.490 e. The Morgan fingerprint density at radius 1 is 1.03 bits per heavy atom. The summed E-state index contributed by atoms with van der Waals surface area (Å²) in [4.78, 5) is 28.2. The van der Waals surface area contributed by atoms with Gasteiger partial charge < -0.3 is 15.0 Å². The van der Waals surface area contributed by atoms with E-state index in [1.807, 2.05) is 39.0 Å². The minimum absolute atomic E-state index is 0.117. The van der Waals surface area contributed by atoms with Crippen molar-refractivity contribution in [2.45, 2.75) is 51.8 Å². The summed E-state index contributed by atoms with van der Waals surface area (Å²) in [6.07, 6.45) is 5.08. The van der Waals surface area contributed by atoms with Crippen LogP contribution in [0.2, 0.25) is 0 Å². The van der Waals surface area contributed by atoms with E-state index in [-0.39, 0.29) is 35.7 Å². The molecule has 1 N–H and O–H groups in total. The van der Waals surface area contributed by atoms with Gasteiger partial charge in [-0.25, -0.2) is 4.39 Å². The van der Waals surface area contributed by atoms with Crippen LogP contribution in [0, 0.1) is 11.7 Å². The molecule has 0 radical (unpaired) electrons. The first-order valence-electron chi connectivity index (χ1n) is 11.0. The number of nitrogens with one attached hydrogen (secondary N) is 1. The third-order valence-electron chi connectivity index (χ3n) is 5.68. The molecular formula is C26H31FN2O3. The number of benzene rings is 2. The molecule has 0 spiro atoms. The van der Waals surface area contributed by atoms with Crippen molar-refractivity contribution in [3.63, 3.8) is 0 Å². The second-order valence-electron chi connectivity index (χ2n) is 8.59. The average Bonchev–Trinajstić information content (AvgIpc) is 2.75. The SMILES string of the molecule is CC(C)[C@H]1C(=O)N[C@@H](c2ccc(F)cc2)C/C=C\C[C@@H](C)Oc2ccccc2C(=O)N1C. The number of nitrogens with zero attached hydrogens (tertiary/aromatic N) is 1. The molecule has 0 saturated carbocycles. The van der Waals surface area contributed by atoms with E-state index in [2.05, 4.69) is 5.32 Å². The zero-order valence-electron chi connectivity index (χ0n) is 19.0. The highest BCUT2D eigenvalue weighted by Crippen LogP contribution is 2.25. The number of rotatable bonds is 2. The van der Waals surface area contributed by atoms with Crippen LogP contribution in [0.5, 0.6) is 5.75 Å². The Kier molecular flexibility index (Phi) is 7.67. The van der Waals surface area contributed by atoms with E-state index in [9.17, 15) is 14.0 Å². The lowest BCUT2D eigenvalue weighted by Gasteiger charge is -2.32. The number of ether oxygens (including phenoxy) is 1. The van der Waals surface area contributed by atoms with E-state index in [0.717, 1.165) is 5.56 Å². The predicted octanol–water partition coefficient (Wildman–Crippen LogP) is 4.90. The number of para-hydroxylation sites is 1. The summed E-state index contributed by atoms with van der Waals surface area (Å²) in [5.74, 6) is -0.454. The number of hydrogen-bond acceptors (Lipinski definition) is 3. The van der Waals surface area contributed by atoms with Crippen LogP contribution in [-0.4, -0.2) is 35.9 Å². The molecule has 5 nitrogen and oxygen atoms in total. The molecular weight excluding hydrogens is 407 g/mol. The Balaban J connectivity index is 1.99. The quantitative estimate of drug-likeness (QED) is 0.679. The van der Waals surface area contributed by atoms with Crippen LogP contribution in [0.1, 0.15) is 55.6 Å². The lowest BCUT2D eigenvalue weighted by molar-refractivity contribution is -0.127. The molecule has 1 heterocycles. The summed E-state index contributed by atoms with van der Waals surface area (Å²) >= 11 is 0. The number of likely N-dealkylation sites (N-methyl/N-ethyl adjacent to an activating group) is 1. The monoisotopic (exact) mass is 438 g/mol. The van der Waals surface area contributed by atoms with Crippen molar-refractivity contribution in [3.8, 4) is 5.75 Å². The van der Waals surface area contributed by atoms with Gasteiger partial charge in [-0.1, -0.05) is 50.3 Å². The Hall–Kier alpha value is -3.15. The van der Waals surface area contributed by atoms with Crippen molar-refractivity contribution in [3.05, 3.63) is 77.6 Å². The standard InChI is InChI=1S/C26H31FN2O3/c1-17(2)24-25(30)28-22(19-13-15-20(27)16-14-19)11-7-5-9-18(3)32-23-12-8-6-10-21(23)26(31)29(24)4/h5-8,10,12-18,22,24H,9,11H2,1-4H3,(H,28,30)/b7-5-/t18-,22-,24+/m1/s1. The minimum atomic E-state index is -0.678. The van der Waals surface area contributed by atoms with Gasteiger partial charge in [0.2, 0.25) is 5.91 Å². The van der Waals surface area contributed by atoms with Crippen LogP contribution in [0.4, 0.5) is 4.39 Å². The Labute approximate surface area is 189 Å². The van der Waals surface area contributed by atoms with Gasteiger partial charge in [-0.3, -0.25) is 9.59 Å². The lowest BCUT2D eigenvalue weighted by Crippen LogP contribution is -2.51. The van der Waals surface area contributed by atoms with E-state index < -0.39 is 6.04 Å². The molecule has 2 aromatic carbocycles. The normalized spacial score (nSPS) is 23.7. The van der Waals surface area contributed by atoms with Crippen LogP contribution < -0.4 is 10.1 Å². The fourth-order valence-electron chi connectivity index (χ4n) is 4.00. The Morgan fingerprint density at radius 2 is 1.69 bits per heavy atom. The fraction of sp³-hybridized carbons (Fsp3) is 0.385. The second kappa shape index (κ2) is 10.4. The third-order valence-corrected chi connectivity index (χ3v) is 5.68. The van der Waals surface area contributed by atoms with Crippen LogP contribution in [-0.2, 0) is 4.79 Å². The van der Waals surface area contributed by atoms with Crippen molar-refractivity contribution in [2.24, 2.45) is 5.92 Å². The van der Waals surface area contributed by atoms with Crippen LogP contribution in [0.15, 0.2) is 60.7 Å². The number of hydrogen-bond donors (Lipinski definition) is 1. The van der Waals surface area contributed by atoms with Crippen molar-refractivity contribution >= 4 is 11.8 Å². The summed E-state index contributed by atoms with van der Waals surface area (Å²) in [6, 6.07) is 12.2. The molecule has 0 saturated heterocycles. The van der Waals surface area contributed by atoms with E-state index >= 15 is 0 Å². The molecule has 32 heavy (non-hydrogen) atoms. The van der Waals surface area contributed by atoms with Crippen LogP contribution in [0.3, 0.4) is 0 Å². The summed E-state index contributed by atoms with van der Waals surface area (Å²) in [6.45, 7) is 5.78. The molecule has 0 unspecified atom stereocenters. The second-order valence-corrected chi connectivity index (χ2v) is 8.59. The fourth-order valence-corrected chi connectivity index (χ4v) is 4.00. The minimum Gasteiger partial charge on any atom is -0.490 e. The lowest BCUT2D eigenvalue weighted by atomic mass is 9.98. The first-order valence-corrected chi connectivity index (χ1v) is 11.0. The van der Waals surface area contributed by atoms with Crippen LogP contribution >= 0.6 is 0 Å². The molecule has 170 valence electrons. The Morgan fingerprint density at radius 3 is 2.38 bits per heavy atom. The van der Waals surface area contributed by atoms with Gasteiger partial charge in [0, 0.05) is 13.5 Å². The van der Waals surface area contributed by atoms with Gasteiger partial charge in [-0.05, 0) is 49.1 Å². The van der Waals surface area contributed by atoms with Gasteiger partial charge >= 0.3 is 0 Å². The van der Waals surface area contributed by atoms with E-state index in [1.165, 1.54) is 17.0 Å². The molecule has 0 aliphatic carbocycles. The van der Waals surface area contributed by atoms with Gasteiger partial charge in [-0.2, -0.15) is 0 Å². The van der Waals surface area contributed by atoms with Gasteiger partial charge in [-0.15, -0.1) is 0 Å². The molecule has 1 aliphatic heterocycles. The van der Waals surface area contributed by atoms with Crippen molar-refractivity contribution in [2.75, 3.05) is 7.05 Å². The molecule has 2 amide bonds. The molecule has 0 fully saturated rings. The van der Waals surface area contributed by atoms with Crippen molar-refractivity contribution < 1.29 is 18.7 Å².